The van der Waals surface area contributed by atoms with Crippen LogP contribution in [-0.4, -0.2) is 11.4 Å². The Balaban J connectivity index is 2.33. The SMILES string of the molecule is NCC(Br)CCc1ccccc1. The maximum Gasteiger partial charge on any atom is 0.0271 e. The number of nitrogens with two attached hydrogens (primary N) is 1. The van der Waals surface area contributed by atoms with Crippen LogP contribution in [0.5, 0.6) is 0 Å². The van der Waals surface area contributed by atoms with Crippen LogP contribution in [0.1, 0.15) is 12.0 Å². The number of alkyl halides is 1. The molecule has 0 aliphatic heterocycles. The van der Waals surface area contributed by atoms with Gasteiger partial charge in [0.05, 0.1) is 0 Å². The van der Waals surface area contributed by atoms with Crippen molar-refractivity contribution in [3.05, 3.63) is 35.9 Å². The van der Waals surface area contributed by atoms with Gasteiger partial charge < -0.3 is 5.73 Å². The van der Waals surface area contributed by atoms with E-state index in [1.165, 1.54) is 5.56 Å². The Morgan fingerprint density at radius 3 is 2.50 bits per heavy atom. The van der Waals surface area contributed by atoms with Gasteiger partial charge in [-0.3, -0.25) is 0 Å². The fraction of sp³-hybridized carbons (Fsp3) is 0.400. The fourth-order valence-electron chi connectivity index (χ4n) is 1.09. The van der Waals surface area contributed by atoms with Gasteiger partial charge in [0, 0.05) is 11.4 Å². The van der Waals surface area contributed by atoms with E-state index in [0.717, 1.165) is 12.8 Å². The van der Waals surface area contributed by atoms with E-state index in [0.29, 0.717) is 11.4 Å². The van der Waals surface area contributed by atoms with E-state index in [1.807, 2.05) is 6.07 Å². The van der Waals surface area contributed by atoms with Gasteiger partial charge in [0.2, 0.25) is 0 Å². The lowest BCUT2D eigenvalue weighted by molar-refractivity contribution is 0.773. The van der Waals surface area contributed by atoms with Crippen molar-refractivity contribution in [2.45, 2.75) is 17.7 Å². The van der Waals surface area contributed by atoms with Crippen molar-refractivity contribution in [1.82, 2.24) is 0 Å². The van der Waals surface area contributed by atoms with Crippen molar-refractivity contribution in [3.63, 3.8) is 0 Å². The molecule has 0 heterocycles. The standard InChI is InChI=1S/C10H14BrN/c11-10(8-12)7-6-9-4-2-1-3-5-9/h1-5,10H,6-8,12H2. The monoisotopic (exact) mass is 227 g/mol. The summed E-state index contributed by atoms with van der Waals surface area (Å²) in [6, 6.07) is 10.5. The zero-order valence-corrected chi connectivity index (χ0v) is 8.63. The molecule has 1 unspecified atom stereocenters. The van der Waals surface area contributed by atoms with Gasteiger partial charge in [-0.1, -0.05) is 46.3 Å². The van der Waals surface area contributed by atoms with E-state index in [1.54, 1.807) is 0 Å². The molecule has 1 aromatic rings. The molecule has 1 atom stereocenters. The lowest BCUT2D eigenvalue weighted by Gasteiger charge is -2.05. The first kappa shape index (κ1) is 9.75. The quantitative estimate of drug-likeness (QED) is 0.786. The van der Waals surface area contributed by atoms with Crippen LogP contribution in [0.4, 0.5) is 0 Å². The summed E-state index contributed by atoms with van der Waals surface area (Å²) in [7, 11) is 0. The van der Waals surface area contributed by atoms with Gasteiger partial charge in [-0.05, 0) is 18.4 Å². The van der Waals surface area contributed by atoms with E-state index < -0.39 is 0 Å². The zero-order chi connectivity index (χ0) is 8.81. The summed E-state index contributed by atoms with van der Waals surface area (Å²) >= 11 is 3.51. The van der Waals surface area contributed by atoms with Crippen molar-refractivity contribution in [2.24, 2.45) is 5.73 Å². The van der Waals surface area contributed by atoms with E-state index in [9.17, 15) is 0 Å². The van der Waals surface area contributed by atoms with E-state index in [-0.39, 0.29) is 0 Å². The van der Waals surface area contributed by atoms with Gasteiger partial charge >= 0.3 is 0 Å². The molecule has 0 aliphatic carbocycles. The molecule has 0 aromatic heterocycles. The molecule has 66 valence electrons. The highest BCUT2D eigenvalue weighted by molar-refractivity contribution is 9.09. The molecule has 0 amide bonds. The molecule has 0 saturated carbocycles. The summed E-state index contributed by atoms with van der Waals surface area (Å²) in [6.07, 6.45) is 2.22. The number of rotatable bonds is 4. The number of halogens is 1. The second kappa shape index (κ2) is 5.33. The molecule has 0 spiro atoms. The Labute approximate surface area is 82.1 Å². The third-order valence-electron chi connectivity index (χ3n) is 1.84. The molecule has 2 N–H and O–H groups in total. The molecule has 0 aliphatic rings. The molecule has 1 rings (SSSR count). The first-order chi connectivity index (χ1) is 5.83. The normalized spacial score (nSPS) is 12.8. The van der Waals surface area contributed by atoms with Gasteiger partial charge in [0.15, 0.2) is 0 Å². The topological polar surface area (TPSA) is 26.0 Å². The second-order valence-corrected chi connectivity index (χ2v) is 4.15. The highest BCUT2D eigenvalue weighted by Crippen LogP contribution is 2.09. The highest BCUT2D eigenvalue weighted by atomic mass is 79.9. The van der Waals surface area contributed by atoms with Crippen molar-refractivity contribution < 1.29 is 0 Å². The lowest BCUT2D eigenvalue weighted by atomic mass is 10.1. The Morgan fingerprint density at radius 2 is 1.92 bits per heavy atom. The van der Waals surface area contributed by atoms with E-state index in [2.05, 4.69) is 40.2 Å². The van der Waals surface area contributed by atoms with Crippen LogP contribution in [0.3, 0.4) is 0 Å². The van der Waals surface area contributed by atoms with Gasteiger partial charge in [0.25, 0.3) is 0 Å². The predicted molar refractivity (Wildman–Crippen MR) is 56.5 cm³/mol. The number of aryl methyl sites for hydroxylation is 1. The summed E-state index contributed by atoms with van der Waals surface area (Å²) < 4.78 is 0. The smallest absolute Gasteiger partial charge is 0.0271 e. The largest absolute Gasteiger partial charge is 0.329 e. The van der Waals surface area contributed by atoms with E-state index >= 15 is 0 Å². The van der Waals surface area contributed by atoms with Crippen LogP contribution < -0.4 is 5.73 Å². The van der Waals surface area contributed by atoms with Crippen LogP contribution in [0.25, 0.3) is 0 Å². The minimum Gasteiger partial charge on any atom is -0.329 e. The number of hydrogen-bond donors (Lipinski definition) is 1. The predicted octanol–water partition coefficient (Wildman–Crippen LogP) is 2.34. The van der Waals surface area contributed by atoms with Crippen LogP contribution in [-0.2, 0) is 6.42 Å². The summed E-state index contributed by atoms with van der Waals surface area (Å²) in [6.45, 7) is 0.715. The average Bonchev–Trinajstić information content (AvgIpc) is 2.16. The average molecular weight is 228 g/mol. The Hall–Kier alpha value is -0.340. The summed E-state index contributed by atoms with van der Waals surface area (Å²) in [5.41, 5.74) is 6.87. The molecule has 2 heteroatoms. The molecular weight excluding hydrogens is 214 g/mol. The van der Waals surface area contributed by atoms with Gasteiger partial charge in [-0.25, -0.2) is 0 Å². The maximum atomic E-state index is 5.49. The summed E-state index contributed by atoms with van der Waals surface area (Å²) in [5, 5.41) is 0. The number of hydrogen-bond acceptors (Lipinski definition) is 1. The summed E-state index contributed by atoms with van der Waals surface area (Å²) in [4.78, 5) is 0.456. The first-order valence-electron chi connectivity index (χ1n) is 4.21. The molecule has 0 radical (unpaired) electrons. The van der Waals surface area contributed by atoms with Crippen LogP contribution in [0, 0.1) is 0 Å². The molecule has 1 nitrogen and oxygen atoms in total. The van der Waals surface area contributed by atoms with Crippen molar-refractivity contribution in [1.29, 1.82) is 0 Å². The zero-order valence-electron chi connectivity index (χ0n) is 7.04. The minimum absolute atomic E-state index is 0.456. The van der Waals surface area contributed by atoms with Crippen molar-refractivity contribution in [3.8, 4) is 0 Å². The molecule has 0 bridgehead atoms. The molecule has 0 fully saturated rings. The third-order valence-corrected chi connectivity index (χ3v) is 2.68. The Kier molecular flexibility index (Phi) is 4.33. The summed E-state index contributed by atoms with van der Waals surface area (Å²) in [5.74, 6) is 0. The Bertz CT molecular complexity index is 210. The highest BCUT2D eigenvalue weighted by Gasteiger charge is 2.00. The molecule has 0 saturated heterocycles. The number of benzene rings is 1. The van der Waals surface area contributed by atoms with Crippen LogP contribution in [0.2, 0.25) is 0 Å². The van der Waals surface area contributed by atoms with Crippen LogP contribution in [0.15, 0.2) is 30.3 Å². The molecule has 1 aromatic carbocycles. The second-order valence-electron chi connectivity index (χ2n) is 2.86. The van der Waals surface area contributed by atoms with Gasteiger partial charge in [-0.2, -0.15) is 0 Å². The molecule has 12 heavy (non-hydrogen) atoms. The fourth-order valence-corrected chi connectivity index (χ4v) is 1.31. The third kappa shape index (κ3) is 3.37. The first-order valence-corrected chi connectivity index (χ1v) is 5.12. The molecular formula is C10H14BrN. The van der Waals surface area contributed by atoms with Crippen molar-refractivity contribution in [2.75, 3.05) is 6.54 Å². The van der Waals surface area contributed by atoms with Crippen molar-refractivity contribution >= 4 is 15.9 Å². The minimum atomic E-state index is 0.456. The van der Waals surface area contributed by atoms with Crippen LogP contribution >= 0.6 is 15.9 Å². The maximum absolute atomic E-state index is 5.49. The Morgan fingerprint density at radius 1 is 1.25 bits per heavy atom. The van der Waals surface area contributed by atoms with Gasteiger partial charge in [0.1, 0.15) is 0 Å². The van der Waals surface area contributed by atoms with E-state index in [4.69, 9.17) is 5.73 Å². The lowest BCUT2D eigenvalue weighted by Crippen LogP contribution is -2.13. The van der Waals surface area contributed by atoms with Gasteiger partial charge in [-0.15, -0.1) is 0 Å².